The third-order valence-electron chi connectivity index (χ3n) is 15.1. The van der Waals surface area contributed by atoms with Crippen LogP contribution in [0.5, 0.6) is 0 Å². The van der Waals surface area contributed by atoms with Crippen LogP contribution in [0, 0.1) is 0 Å². The molecule has 74 heavy (non-hydrogen) atoms. The molecule has 0 saturated heterocycles. The summed E-state index contributed by atoms with van der Waals surface area (Å²) in [4.78, 5) is 24.6. The Kier molecular flexibility index (Phi) is 61.5. The number of rotatable bonds is 61. The molecular weight excluding hydrogens is 911 g/mol. The topological polar surface area (TPSA) is 95.9 Å². The van der Waals surface area contributed by atoms with Crippen molar-refractivity contribution in [1.82, 2.24) is 5.32 Å². The molecule has 0 aliphatic rings. The summed E-state index contributed by atoms with van der Waals surface area (Å²) in [5.74, 6) is -0.0842. The molecule has 0 aromatic carbocycles. The number of aliphatic hydroxyl groups is 2. The van der Waals surface area contributed by atoms with Gasteiger partial charge in [0.2, 0.25) is 5.91 Å². The van der Waals surface area contributed by atoms with Gasteiger partial charge >= 0.3 is 5.97 Å². The summed E-state index contributed by atoms with van der Waals surface area (Å²) in [6, 6.07) is -0.639. The number of esters is 1. The minimum atomic E-state index is -0.855. The van der Waals surface area contributed by atoms with E-state index in [-0.39, 0.29) is 18.5 Å². The van der Waals surface area contributed by atoms with E-state index in [4.69, 9.17) is 4.74 Å². The summed E-state index contributed by atoms with van der Waals surface area (Å²) >= 11 is 0. The van der Waals surface area contributed by atoms with Crippen molar-refractivity contribution in [2.24, 2.45) is 0 Å². The highest BCUT2D eigenvalue weighted by molar-refractivity contribution is 5.76. The van der Waals surface area contributed by atoms with Crippen LogP contribution in [-0.4, -0.2) is 47.4 Å². The molecule has 6 nitrogen and oxygen atoms in total. The van der Waals surface area contributed by atoms with Crippen LogP contribution in [0.1, 0.15) is 348 Å². The van der Waals surface area contributed by atoms with Crippen LogP contribution in [0.3, 0.4) is 0 Å². The highest BCUT2D eigenvalue weighted by Crippen LogP contribution is 2.17. The highest BCUT2D eigenvalue weighted by Gasteiger charge is 2.18. The molecule has 0 rings (SSSR count). The molecule has 0 aliphatic heterocycles. The quantitative estimate of drug-likeness (QED) is 0.0320. The van der Waals surface area contributed by atoms with Crippen molar-refractivity contribution in [2.45, 2.75) is 360 Å². The van der Waals surface area contributed by atoms with Gasteiger partial charge in [0.25, 0.3) is 0 Å². The second kappa shape index (κ2) is 63.4. The van der Waals surface area contributed by atoms with E-state index >= 15 is 0 Å². The average Bonchev–Trinajstić information content (AvgIpc) is 3.40. The molecule has 0 aromatic heterocycles. The fraction of sp³-hybridized carbons (Fsp3) is 0.853. The van der Waals surface area contributed by atoms with Gasteiger partial charge < -0.3 is 20.3 Å². The molecule has 0 bridgehead atoms. The number of carbonyl (C=O) groups is 2. The lowest BCUT2D eigenvalue weighted by Gasteiger charge is -2.20. The molecular formula is C68H127NO5. The highest BCUT2D eigenvalue weighted by atomic mass is 16.5. The predicted octanol–water partition coefficient (Wildman–Crippen LogP) is 20.9. The molecule has 0 radical (unpaired) electrons. The first-order valence-electron chi connectivity index (χ1n) is 32.9. The Morgan fingerprint density at radius 2 is 0.676 bits per heavy atom. The van der Waals surface area contributed by atoms with Gasteiger partial charge in [0, 0.05) is 12.8 Å². The maximum Gasteiger partial charge on any atom is 0.305 e. The van der Waals surface area contributed by atoms with Crippen LogP contribution in [-0.2, 0) is 14.3 Å². The standard InChI is InChI=1S/C68H127NO5/c1-3-5-7-9-11-13-15-17-19-21-23-24-26-28-32-36-40-44-48-52-56-60-66(71)65(64-70)69-67(72)61-57-53-49-45-41-37-33-29-27-31-35-39-43-47-51-55-59-63-74-68(73)62-58-54-50-46-42-38-34-30-25-22-20-18-16-14-12-10-8-6-4-2/h12,14,18,20,27,31,56,60,65-66,70-71H,3-11,13,15-17,19,21-26,28-30,32-55,57-59,61-64H2,1-2H3,(H,69,72)/b14-12-,20-18-,31-27-,60-56+. The Bertz CT molecular complexity index is 1240. The van der Waals surface area contributed by atoms with Crippen molar-refractivity contribution < 1.29 is 24.5 Å². The normalized spacial score (nSPS) is 12.9. The van der Waals surface area contributed by atoms with Gasteiger partial charge in [0.15, 0.2) is 0 Å². The van der Waals surface area contributed by atoms with Gasteiger partial charge in [-0.3, -0.25) is 9.59 Å². The number of aliphatic hydroxyl groups excluding tert-OH is 2. The van der Waals surface area contributed by atoms with Crippen LogP contribution in [0.4, 0.5) is 0 Å². The molecule has 0 fully saturated rings. The van der Waals surface area contributed by atoms with Gasteiger partial charge in [-0.25, -0.2) is 0 Å². The van der Waals surface area contributed by atoms with E-state index in [2.05, 4.69) is 55.6 Å². The van der Waals surface area contributed by atoms with Gasteiger partial charge in [0.05, 0.1) is 25.4 Å². The van der Waals surface area contributed by atoms with Gasteiger partial charge in [-0.1, -0.05) is 294 Å². The number of hydrogen-bond acceptors (Lipinski definition) is 5. The summed E-state index contributed by atoms with van der Waals surface area (Å²) in [5, 5.41) is 23.2. The lowest BCUT2D eigenvalue weighted by atomic mass is 10.0. The fourth-order valence-corrected chi connectivity index (χ4v) is 10.0. The Balaban J connectivity index is 3.48. The van der Waals surface area contributed by atoms with Crippen LogP contribution < -0.4 is 5.32 Å². The Hall–Kier alpha value is -2.18. The van der Waals surface area contributed by atoms with E-state index in [1.165, 1.54) is 257 Å². The van der Waals surface area contributed by atoms with E-state index in [1.54, 1.807) is 6.08 Å². The number of unbranched alkanes of at least 4 members (excludes halogenated alkanes) is 44. The molecule has 3 N–H and O–H groups in total. The van der Waals surface area contributed by atoms with Gasteiger partial charge in [-0.2, -0.15) is 0 Å². The lowest BCUT2D eigenvalue weighted by Crippen LogP contribution is -2.45. The first-order valence-corrected chi connectivity index (χ1v) is 32.9. The van der Waals surface area contributed by atoms with Crippen LogP contribution in [0.15, 0.2) is 48.6 Å². The van der Waals surface area contributed by atoms with Gasteiger partial charge in [-0.15, -0.1) is 0 Å². The number of allylic oxidation sites excluding steroid dienone is 7. The molecule has 0 spiro atoms. The summed E-state index contributed by atoms with van der Waals surface area (Å²) in [5.41, 5.74) is 0. The maximum atomic E-state index is 12.5. The molecule has 1 amide bonds. The largest absolute Gasteiger partial charge is 0.466 e. The molecule has 0 aliphatic carbocycles. The number of nitrogens with one attached hydrogen (secondary N) is 1. The Morgan fingerprint density at radius 1 is 0.378 bits per heavy atom. The number of hydrogen-bond donors (Lipinski definition) is 3. The van der Waals surface area contributed by atoms with Crippen molar-refractivity contribution in [2.75, 3.05) is 13.2 Å². The minimum Gasteiger partial charge on any atom is -0.466 e. The van der Waals surface area contributed by atoms with Crippen LogP contribution >= 0.6 is 0 Å². The maximum absolute atomic E-state index is 12.5. The van der Waals surface area contributed by atoms with E-state index in [9.17, 15) is 19.8 Å². The second-order valence-corrected chi connectivity index (χ2v) is 22.4. The van der Waals surface area contributed by atoms with Crippen molar-refractivity contribution in [3.8, 4) is 0 Å². The second-order valence-electron chi connectivity index (χ2n) is 22.4. The molecule has 0 aromatic rings. The van der Waals surface area contributed by atoms with E-state index in [1.807, 2.05) is 6.08 Å². The monoisotopic (exact) mass is 1040 g/mol. The number of ether oxygens (including phenoxy) is 1. The molecule has 0 saturated carbocycles. The molecule has 6 heteroatoms. The van der Waals surface area contributed by atoms with Crippen LogP contribution in [0.25, 0.3) is 0 Å². The Morgan fingerprint density at radius 3 is 1.07 bits per heavy atom. The minimum absolute atomic E-state index is 0.00632. The molecule has 0 heterocycles. The molecule has 434 valence electrons. The van der Waals surface area contributed by atoms with Crippen molar-refractivity contribution in [3.05, 3.63) is 48.6 Å². The summed E-state index contributed by atoms with van der Waals surface area (Å²) in [6.45, 7) is 4.88. The zero-order chi connectivity index (χ0) is 53.6. The number of carbonyl (C=O) groups excluding carboxylic acids is 2. The van der Waals surface area contributed by atoms with Gasteiger partial charge in [-0.05, 0) is 89.9 Å². The van der Waals surface area contributed by atoms with E-state index in [0.29, 0.717) is 19.4 Å². The van der Waals surface area contributed by atoms with E-state index in [0.717, 1.165) is 64.2 Å². The van der Waals surface area contributed by atoms with E-state index < -0.39 is 12.1 Å². The summed E-state index contributed by atoms with van der Waals surface area (Å²) < 4.78 is 5.49. The predicted molar refractivity (Wildman–Crippen MR) is 324 cm³/mol. The molecule has 2 atom stereocenters. The van der Waals surface area contributed by atoms with Crippen molar-refractivity contribution in [1.29, 1.82) is 0 Å². The number of amides is 1. The lowest BCUT2D eigenvalue weighted by molar-refractivity contribution is -0.143. The van der Waals surface area contributed by atoms with Crippen LogP contribution in [0.2, 0.25) is 0 Å². The zero-order valence-corrected chi connectivity index (χ0v) is 49.6. The fourth-order valence-electron chi connectivity index (χ4n) is 10.0. The van der Waals surface area contributed by atoms with Gasteiger partial charge in [0.1, 0.15) is 0 Å². The smallest absolute Gasteiger partial charge is 0.305 e. The average molecular weight is 1040 g/mol. The Labute approximate surface area is 461 Å². The third kappa shape index (κ3) is 59.1. The van der Waals surface area contributed by atoms with Crippen molar-refractivity contribution >= 4 is 11.9 Å². The first-order chi connectivity index (χ1) is 36.5. The first kappa shape index (κ1) is 71.8. The third-order valence-corrected chi connectivity index (χ3v) is 15.1. The summed E-state index contributed by atoms with van der Waals surface area (Å²) in [7, 11) is 0. The zero-order valence-electron chi connectivity index (χ0n) is 49.6. The summed E-state index contributed by atoms with van der Waals surface area (Å²) in [6.07, 6.45) is 81.5. The SMILES string of the molecule is CCCCC/C=C\C/C=C\CCCCCCCCCCCC(=O)OCCCCCCCC/C=C\CCCCCCCCCC(=O)NC(CO)C(O)/C=C/CCCCCCCCCCCCCCCCCCCCC. The van der Waals surface area contributed by atoms with Crippen molar-refractivity contribution in [3.63, 3.8) is 0 Å². The molecule has 2 unspecified atom stereocenters.